The molecule has 2 amide bonds. The van der Waals surface area contributed by atoms with Crippen molar-refractivity contribution in [2.75, 3.05) is 63.1 Å². The van der Waals surface area contributed by atoms with Crippen molar-refractivity contribution in [1.82, 2.24) is 20.1 Å². The van der Waals surface area contributed by atoms with Gasteiger partial charge in [-0.1, -0.05) is 13.3 Å². The quantitative estimate of drug-likeness (QED) is 0.476. The van der Waals surface area contributed by atoms with Gasteiger partial charge in [0.2, 0.25) is 11.8 Å². The minimum Gasteiger partial charge on any atom is -0.356 e. The number of nitrogens with zero attached hydrogens (tertiary/aromatic N) is 4. The van der Waals surface area contributed by atoms with Crippen LogP contribution in [0.2, 0.25) is 0 Å². The third kappa shape index (κ3) is 7.65. The number of aryl methyl sites for hydroxylation is 1. The van der Waals surface area contributed by atoms with Crippen molar-refractivity contribution < 1.29 is 9.59 Å². The van der Waals surface area contributed by atoms with Gasteiger partial charge in [0.1, 0.15) is 5.82 Å². The fourth-order valence-electron chi connectivity index (χ4n) is 5.52. The minimum atomic E-state index is -0.145. The number of hydrogen-bond donors (Lipinski definition) is 2. The fourth-order valence-corrected chi connectivity index (χ4v) is 5.52. The molecular formula is C29H44N6O2. The van der Waals surface area contributed by atoms with Crippen LogP contribution in [0.3, 0.4) is 0 Å². The van der Waals surface area contributed by atoms with Crippen LogP contribution in [0.15, 0.2) is 24.3 Å². The molecule has 1 atom stereocenters. The molecule has 0 aliphatic carbocycles. The molecule has 2 saturated heterocycles. The number of likely N-dealkylation sites (N-methyl/N-ethyl adjacent to an activating group) is 1. The van der Waals surface area contributed by atoms with Crippen molar-refractivity contribution in [3.8, 4) is 0 Å². The third-order valence-corrected chi connectivity index (χ3v) is 7.86. The zero-order valence-electron chi connectivity index (χ0n) is 22.9. The molecule has 8 heteroatoms. The molecule has 2 aromatic rings. The van der Waals surface area contributed by atoms with Crippen molar-refractivity contribution in [2.24, 2.45) is 0 Å². The summed E-state index contributed by atoms with van der Waals surface area (Å²) >= 11 is 0. The monoisotopic (exact) mass is 508 g/mol. The normalized spacial score (nSPS) is 19.2. The molecule has 202 valence electrons. The minimum absolute atomic E-state index is 0.0594. The zero-order chi connectivity index (χ0) is 26.2. The molecule has 2 aliphatic rings. The number of aromatic nitrogens is 1. The molecule has 2 aliphatic heterocycles. The summed E-state index contributed by atoms with van der Waals surface area (Å²) in [7, 11) is 2.15. The number of carbonyl (C=O) groups excluding carboxylic acids is 2. The number of anilines is 2. The van der Waals surface area contributed by atoms with Crippen LogP contribution in [0.5, 0.6) is 0 Å². The highest BCUT2D eigenvalue weighted by atomic mass is 16.2. The Hall–Kier alpha value is -2.71. The van der Waals surface area contributed by atoms with Crippen molar-refractivity contribution >= 4 is 34.2 Å². The SMILES string of the molecule is CC[C@@H]1CCCCN1CCCNC(=O)CCC(=O)Nc1ccc2nc(N3CCN(C)CC3)cc(C)c2c1. The van der Waals surface area contributed by atoms with Gasteiger partial charge >= 0.3 is 0 Å². The topological polar surface area (TPSA) is 80.8 Å². The van der Waals surface area contributed by atoms with Crippen LogP contribution in [0.1, 0.15) is 57.4 Å². The molecule has 8 nitrogen and oxygen atoms in total. The van der Waals surface area contributed by atoms with Crippen molar-refractivity contribution in [3.63, 3.8) is 0 Å². The average Bonchev–Trinajstić information content (AvgIpc) is 2.91. The number of piperazine rings is 1. The van der Waals surface area contributed by atoms with E-state index < -0.39 is 0 Å². The van der Waals surface area contributed by atoms with Gasteiger partial charge in [0.15, 0.2) is 0 Å². The van der Waals surface area contributed by atoms with Crippen LogP contribution in [-0.2, 0) is 9.59 Å². The summed E-state index contributed by atoms with van der Waals surface area (Å²) in [6.45, 7) is 11.3. The lowest BCUT2D eigenvalue weighted by molar-refractivity contribution is -0.124. The van der Waals surface area contributed by atoms with Gasteiger partial charge in [-0.15, -0.1) is 0 Å². The summed E-state index contributed by atoms with van der Waals surface area (Å²) in [5.74, 6) is 0.811. The summed E-state index contributed by atoms with van der Waals surface area (Å²) in [6, 6.07) is 8.67. The summed E-state index contributed by atoms with van der Waals surface area (Å²) in [6.07, 6.45) is 6.44. The van der Waals surface area contributed by atoms with E-state index >= 15 is 0 Å². The van der Waals surface area contributed by atoms with Gasteiger partial charge in [0.05, 0.1) is 5.52 Å². The lowest BCUT2D eigenvalue weighted by Gasteiger charge is -2.35. The Morgan fingerprint density at radius 3 is 2.59 bits per heavy atom. The van der Waals surface area contributed by atoms with Crippen LogP contribution < -0.4 is 15.5 Å². The van der Waals surface area contributed by atoms with E-state index in [0.717, 1.165) is 67.1 Å². The zero-order valence-corrected chi connectivity index (χ0v) is 22.9. The Morgan fingerprint density at radius 2 is 1.81 bits per heavy atom. The molecule has 0 unspecified atom stereocenters. The first kappa shape index (κ1) is 27.3. The van der Waals surface area contributed by atoms with Gasteiger partial charge < -0.3 is 25.3 Å². The first-order chi connectivity index (χ1) is 17.9. The molecule has 1 aromatic heterocycles. The molecule has 4 rings (SSSR count). The molecule has 0 spiro atoms. The predicted octanol–water partition coefficient (Wildman–Crippen LogP) is 3.78. The number of pyridine rings is 1. The van der Waals surface area contributed by atoms with Gasteiger partial charge in [-0.25, -0.2) is 4.98 Å². The van der Waals surface area contributed by atoms with Gasteiger partial charge in [-0.05, 0) is 76.0 Å². The van der Waals surface area contributed by atoms with E-state index in [1.807, 2.05) is 18.2 Å². The molecule has 2 N–H and O–H groups in total. The number of likely N-dealkylation sites (tertiary alicyclic amines) is 1. The van der Waals surface area contributed by atoms with E-state index in [2.05, 4.69) is 52.3 Å². The van der Waals surface area contributed by atoms with E-state index in [-0.39, 0.29) is 24.7 Å². The lowest BCUT2D eigenvalue weighted by atomic mass is 10.00. The van der Waals surface area contributed by atoms with E-state index in [1.54, 1.807) is 0 Å². The Balaban J connectivity index is 1.21. The summed E-state index contributed by atoms with van der Waals surface area (Å²) in [5.41, 5.74) is 2.81. The highest BCUT2D eigenvalue weighted by Crippen LogP contribution is 2.26. The maximum atomic E-state index is 12.5. The Kier molecular flexibility index (Phi) is 9.75. The first-order valence-electron chi connectivity index (χ1n) is 14.1. The first-order valence-corrected chi connectivity index (χ1v) is 14.1. The van der Waals surface area contributed by atoms with Crippen molar-refractivity contribution in [2.45, 2.75) is 64.8 Å². The van der Waals surface area contributed by atoms with Crippen molar-refractivity contribution in [1.29, 1.82) is 0 Å². The highest BCUT2D eigenvalue weighted by molar-refractivity contribution is 5.96. The number of benzene rings is 1. The molecule has 1 aromatic carbocycles. The highest BCUT2D eigenvalue weighted by Gasteiger charge is 2.20. The van der Waals surface area contributed by atoms with E-state index in [9.17, 15) is 9.59 Å². The van der Waals surface area contributed by atoms with Gasteiger partial charge in [0.25, 0.3) is 0 Å². The number of amides is 2. The number of piperidine rings is 1. The van der Waals surface area contributed by atoms with Gasteiger partial charge in [-0.2, -0.15) is 0 Å². The van der Waals surface area contributed by atoms with Crippen LogP contribution >= 0.6 is 0 Å². The molecule has 0 radical (unpaired) electrons. The molecule has 0 bridgehead atoms. The van der Waals surface area contributed by atoms with Crippen LogP contribution in [0.25, 0.3) is 10.9 Å². The van der Waals surface area contributed by atoms with Gasteiger partial charge in [-0.3, -0.25) is 9.59 Å². The van der Waals surface area contributed by atoms with Crippen molar-refractivity contribution in [3.05, 3.63) is 29.8 Å². The Bertz CT molecular complexity index is 1070. The molecule has 37 heavy (non-hydrogen) atoms. The number of carbonyl (C=O) groups is 2. The largest absolute Gasteiger partial charge is 0.356 e. The number of rotatable bonds is 10. The van der Waals surface area contributed by atoms with Crippen LogP contribution in [0.4, 0.5) is 11.5 Å². The smallest absolute Gasteiger partial charge is 0.224 e. The molecule has 0 saturated carbocycles. The van der Waals surface area contributed by atoms with E-state index in [4.69, 9.17) is 4.98 Å². The van der Waals surface area contributed by atoms with E-state index in [1.165, 1.54) is 32.2 Å². The lowest BCUT2D eigenvalue weighted by Crippen LogP contribution is -2.44. The second kappa shape index (κ2) is 13.2. The summed E-state index contributed by atoms with van der Waals surface area (Å²) in [5, 5.41) is 6.97. The fraction of sp³-hybridized carbons (Fsp3) is 0.621. The van der Waals surface area contributed by atoms with Gasteiger partial charge in [0, 0.05) is 69.2 Å². The molecule has 2 fully saturated rings. The van der Waals surface area contributed by atoms with E-state index in [0.29, 0.717) is 12.6 Å². The second-order valence-corrected chi connectivity index (χ2v) is 10.7. The Labute approximate surface area is 221 Å². The number of nitrogens with one attached hydrogen (secondary N) is 2. The third-order valence-electron chi connectivity index (χ3n) is 7.86. The average molecular weight is 509 g/mol. The standard InChI is InChI=1S/C29H44N6O2/c1-4-24-8-5-6-14-34(24)15-7-13-30-28(36)11-12-29(37)31-23-9-10-26-25(21-23)22(2)20-27(32-26)35-18-16-33(3)17-19-35/h9-10,20-21,24H,4-8,11-19H2,1-3H3,(H,30,36)(H,31,37)/t24-/m1/s1. The van der Waals surface area contributed by atoms with Crippen LogP contribution in [-0.4, -0.2) is 85.5 Å². The van der Waals surface area contributed by atoms with Crippen LogP contribution in [0, 0.1) is 6.92 Å². The molecular weight excluding hydrogens is 464 g/mol. The predicted molar refractivity (Wildman–Crippen MR) is 151 cm³/mol. The molecule has 3 heterocycles. The summed E-state index contributed by atoms with van der Waals surface area (Å²) in [4.78, 5) is 36.9. The number of hydrogen-bond acceptors (Lipinski definition) is 6. The summed E-state index contributed by atoms with van der Waals surface area (Å²) < 4.78 is 0. The Morgan fingerprint density at radius 1 is 1.03 bits per heavy atom. The maximum Gasteiger partial charge on any atom is 0.224 e. The number of fused-ring (bicyclic) bond motifs is 1. The maximum absolute atomic E-state index is 12.5. The second-order valence-electron chi connectivity index (χ2n) is 10.7.